The van der Waals surface area contributed by atoms with Crippen LogP contribution in [0, 0.1) is 17.8 Å². The van der Waals surface area contributed by atoms with Gasteiger partial charge in [0.15, 0.2) is 0 Å². The molecule has 2 N–H and O–H groups in total. The van der Waals surface area contributed by atoms with Crippen LogP contribution in [0.2, 0.25) is 0 Å². The number of carbonyl (C=O) groups is 4. The van der Waals surface area contributed by atoms with Crippen LogP contribution in [0.5, 0.6) is 0 Å². The summed E-state index contributed by atoms with van der Waals surface area (Å²) >= 11 is 0. The Balaban J connectivity index is 3.03. The van der Waals surface area contributed by atoms with E-state index in [4.69, 9.17) is 4.74 Å². The maximum atomic E-state index is 13.4. The van der Waals surface area contributed by atoms with Crippen molar-refractivity contribution in [2.45, 2.75) is 79.1 Å². The Hall–Kier alpha value is -3.10. The van der Waals surface area contributed by atoms with Gasteiger partial charge in [-0.1, -0.05) is 71.9 Å². The van der Waals surface area contributed by atoms with Crippen molar-refractivity contribution in [2.24, 2.45) is 17.8 Å². The summed E-state index contributed by atoms with van der Waals surface area (Å²) < 4.78 is 5.40. The third-order valence-electron chi connectivity index (χ3n) is 5.98. The molecule has 3 atom stereocenters. The van der Waals surface area contributed by atoms with Crippen molar-refractivity contribution < 1.29 is 29.0 Å². The van der Waals surface area contributed by atoms with Gasteiger partial charge in [0.2, 0.25) is 11.8 Å². The lowest BCUT2D eigenvalue weighted by atomic mass is 9.97. The molecule has 0 aliphatic heterocycles. The van der Waals surface area contributed by atoms with Crippen molar-refractivity contribution >= 4 is 23.9 Å². The van der Waals surface area contributed by atoms with Crippen LogP contribution < -0.4 is 5.32 Å². The molecule has 0 aromatic heterocycles. The van der Waals surface area contributed by atoms with Crippen molar-refractivity contribution in [3.63, 3.8) is 0 Å². The van der Waals surface area contributed by atoms with Crippen LogP contribution in [0.25, 0.3) is 0 Å². The number of amides is 3. The molecule has 36 heavy (non-hydrogen) atoms. The van der Waals surface area contributed by atoms with Crippen LogP contribution in [0.3, 0.4) is 0 Å². The molecular formula is C27H43N3O6. The van der Waals surface area contributed by atoms with E-state index in [0.29, 0.717) is 12.8 Å². The second kappa shape index (κ2) is 14.5. The van der Waals surface area contributed by atoms with Gasteiger partial charge in [0.05, 0.1) is 0 Å². The lowest BCUT2D eigenvalue weighted by Gasteiger charge is -2.34. The van der Waals surface area contributed by atoms with E-state index in [1.165, 1.54) is 23.9 Å². The smallest absolute Gasteiger partial charge is 0.410 e. The van der Waals surface area contributed by atoms with Crippen LogP contribution >= 0.6 is 0 Å². The zero-order chi connectivity index (χ0) is 27.6. The first kappa shape index (κ1) is 30.9. The fraction of sp³-hybridized carbons (Fsp3) is 0.630. The Morgan fingerprint density at radius 3 is 1.86 bits per heavy atom. The van der Waals surface area contributed by atoms with Gasteiger partial charge in [-0.2, -0.15) is 0 Å². The molecule has 0 unspecified atom stereocenters. The Bertz CT molecular complexity index is 872. The number of benzene rings is 1. The van der Waals surface area contributed by atoms with Gasteiger partial charge in [0.25, 0.3) is 0 Å². The molecule has 0 aliphatic rings. The molecule has 0 radical (unpaired) electrons. The number of hydrogen-bond donors (Lipinski definition) is 2. The SMILES string of the molecule is CC(C)C[C@@H](C(=O)N[C@H](C(=O)N(C)[C@@H](CC(C)C)C(=O)O)C(C)C)N(C)C(=O)OCc1ccccc1. The van der Waals surface area contributed by atoms with Crippen LogP contribution in [-0.4, -0.2) is 71.0 Å². The summed E-state index contributed by atoms with van der Waals surface area (Å²) in [7, 11) is 2.95. The molecule has 0 bridgehead atoms. The third kappa shape index (κ3) is 9.51. The fourth-order valence-electron chi connectivity index (χ4n) is 3.84. The molecule has 0 fully saturated rings. The molecule has 0 aliphatic carbocycles. The minimum Gasteiger partial charge on any atom is -0.480 e. The first-order valence-electron chi connectivity index (χ1n) is 12.5. The molecule has 0 spiro atoms. The van der Waals surface area contributed by atoms with Crippen molar-refractivity contribution in [2.75, 3.05) is 14.1 Å². The largest absolute Gasteiger partial charge is 0.480 e. The summed E-state index contributed by atoms with van der Waals surface area (Å²) in [6.45, 7) is 11.3. The van der Waals surface area contributed by atoms with Crippen molar-refractivity contribution in [3.05, 3.63) is 35.9 Å². The normalized spacial score (nSPS) is 13.8. The first-order chi connectivity index (χ1) is 16.8. The number of nitrogens with zero attached hydrogens (tertiary/aromatic N) is 2. The number of carboxylic acids is 1. The van der Waals surface area contributed by atoms with Crippen molar-refractivity contribution in [1.82, 2.24) is 15.1 Å². The predicted octanol–water partition coefficient (Wildman–Crippen LogP) is 3.77. The number of aliphatic carboxylic acids is 1. The number of hydrogen-bond acceptors (Lipinski definition) is 5. The molecule has 1 rings (SSSR count). The van der Waals surface area contributed by atoms with E-state index in [1.54, 1.807) is 13.8 Å². The highest BCUT2D eigenvalue weighted by Crippen LogP contribution is 2.17. The van der Waals surface area contributed by atoms with Gasteiger partial charge in [-0.05, 0) is 36.2 Å². The van der Waals surface area contributed by atoms with Gasteiger partial charge in [0.1, 0.15) is 24.7 Å². The van der Waals surface area contributed by atoms with Gasteiger partial charge >= 0.3 is 12.1 Å². The average Bonchev–Trinajstić information content (AvgIpc) is 2.81. The molecule has 9 heteroatoms. The van der Waals surface area contributed by atoms with E-state index >= 15 is 0 Å². The molecule has 9 nitrogen and oxygen atoms in total. The van der Waals surface area contributed by atoms with E-state index in [9.17, 15) is 24.3 Å². The van der Waals surface area contributed by atoms with E-state index in [2.05, 4.69) is 5.32 Å². The number of carboxylic acid groups (broad SMARTS) is 1. The molecule has 0 heterocycles. The number of nitrogens with one attached hydrogen (secondary N) is 1. The molecule has 202 valence electrons. The van der Waals surface area contributed by atoms with Gasteiger partial charge < -0.3 is 20.1 Å². The minimum absolute atomic E-state index is 0.0689. The second-order valence-electron chi connectivity index (χ2n) is 10.5. The highest BCUT2D eigenvalue weighted by atomic mass is 16.6. The first-order valence-corrected chi connectivity index (χ1v) is 12.5. The Labute approximate surface area is 215 Å². The lowest BCUT2D eigenvalue weighted by Crippen LogP contribution is -2.58. The van der Waals surface area contributed by atoms with Crippen LogP contribution in [0.4, 0.5) is 4.79 Å². The van der Waals surface area contributed by atoms with E-state index in [-0.39, 0.29) is 24.4 Å². The fourth-order valence-corrected chi connectivity index (χ4v) is 3.84. The number of likely N-dealkylation sites (N-methyl/N-ethyl adjacent to an activating group) is 2. The van der Waals surface area contributed by atoms with Gasteiger partial charge in [-0.3, -0.25) is 14.5 Å². The predicted molar refractivity (Wildman–Crippen MR) is 138 cm³/mol. The summed E-state index contributed by atoms with van der Waals surface area (Å²) in [5.74, 6) is -2.20. The molecule has 1 aromatic rings. The maximum absolute atomic E-state index is 13.4. The maximum Gasteiger partial charge on any atom is 0.410 e. The van der Waals surface area contributed by atoms with E-state index < -0.39 is 42.0 Å². The van der Waals surface area contributed by atoms with Crippen molar-refractivity contribution in [1.29, 1.82) is 0 Å². The summed E-state index contributed by atoms with van der Waals surface area (Å²) in [4.78, 5) is 53.7. The standard InChI is InChI=1S/C27H43N3O6/c1-17(2)14-21(30(8)27(35)36-16-20-12-10-9-11-13-20)24(31)28-23(19(5)6)25(32)29(7)22(26(33)34)15-18(3)4/h9-13,17-19,21-23H,14-16H2,1-8H3,(H,28,31)(H,33,34)/t21-,22-,23-/m0/s1. The topological polar surface area (TPSA) is 116 Å². The highest BCUT2D eigenvalue weighted by molar-refractivity contribution is 5.93. The monoisotopic (exact) mass is 505 g/mol. The number of carbonyl (C=O) groups excluding carboxylic acids is 3. The quantitative estimate of drug-likeness (QED) is 0.422. The van der Waals surface area contributed by atoms with Gasteiger partial charge in [0, 0.05) is 14.1 Å². The lowest BCUT2D eigenvalue weighted by molar-refractivity contribution is -0.151. The summed E-state index contributed by atoms with van der Waals surface area (Å²) in [5.41, 5.74) is 0.826. The Morgan fingerprint density at radius 2 is 1.39 bits per heavy atom. The third-order valence-corrected chi connectivity index (χ3v) is 5.98. The van der Waals surface area contributed by atoms with Gasteiger partial charge in [-0.25, -0.2) is 9.59 Å². The Kier molecular flexibility index (Phi) is 12.4. The van der Waals surface area contributed by atoms with Crippen LogP contribution in [0.1, 0.15) is 59.9 Å². The minimum atomic E-state index is -1.09. The van der Waals surface area contributed by atoms with E-state index in [0.717, 1.165) is 5.56 Å². The van der Waals surface area contributed by atoms with Crippen LogP contribution in [-0.2, 0) is 25.7 Å². The summed E-state index contributed by atoms with van der Waals surface area (Å²) in [6.07, 6.45) is 0.0115. The van der Waals surface area contributed by atoms with Crippen LogP contribution in [0.15, 0.2) is 30.3 Å². The number of rotatable bonds is 13. The van der Waals surface area contributed by atoms with E-state index in [1.807, 2.05) is 58.0 Å². The Morgan fingerprint density at radius 1 is 0.861 bits per heavy atom. The highest BCUT2D eigenvalue weighted by Gasteiger charge is 2.36. The summed E-state index contributed by atoms with van der Waals surface area (Å²) in [5, 5.41) is 12.4. The zero-order valence-corrected chi connectivity index (χ0v) is 22.9. The second-order valence-corrected chi connectivity index (χ2v) is 10.5. The molecular weight excluding hydrogens is 462 g/mol. The van der Waals surface area contributed by atoms with Gasteiger partial charge in [-0.15, -0.1) is 0 Å². The molecule has 1 aromatic carbocycles. The van der Waals surface area contributed by atoms with Crippen molar-refractivity contribution in [3.8, 4) is 0 Å². The number of ether oxygens (including phenoxy) is 1. The molecule has 3 amide bonds. The average molecular weight is 506 g/mol. The zero-order valence-electron chi connectivity index (χ0n) is 22.9. The molecule has 0 saturated carbocycles. The molecule has 0 saturated heterocycles. The summed E-state index contributed by atoms with van der Waals surface area (Å²) in [6, 6.07) is 6.42.